The van der Waals surface area contributed by atoms with Crippen LogP contribution >= 0.6 is 0 Å². The number of piperidine rings is 1. The van der Waals surface area contributed by atoms with Crippen molar-refractivity contribution in [2.24, 2.45) is 0 Å². The zero-order chi connectivity index (χ0) is 7.82. The van der Waals surface area contributed by atoms with Crippen LogP contribution in [-0.2, 0) is 11.4 Å². The van der Waals surface area contributed by atoms with E-state index < -0.39 is 11.4 Å². The summed E-state index contributed by atoms with van der Waals surface area (Å²) >= 11 is -2.61. The molecule has 1 aliphatic heterocycles. The molecular formula is C5H13NO3S. The van der Waals surface area contributed by atoms with Crippen molar-refractivity contribution in [1.29, 1.82) is 0 Å². The molecule has 62 valence electrons. The minimum Gasteiger partial charge on any atom is -0.317 e. The summed E-state index contributed by atoms with van der Waals surface area (Å²) in [5.74, 6) is 0. The first-order valence-corrected chi connectivity index (χ1v) is 4.30. The van der Waals surface area contributed by atoms with Crippen LogP contribution in [0.15, 0.2) is 0 Å². The predicted octanol–water partition coefficient (Wildman–Crippen LogP) is 0.441. The van der Waals surface area contributed by atoms with Crippen LogP contribution in [0.5, 0.6) is 0 Å². The fourth-order valence-electron chi connectivity index (χ4n) is 0.802. The minimum atomic E-state index is -2.61. The average Bonchev–Trinajstić information content (AvgIpc) is 1.90. The molecule has 5 heteroatoms. The van der Waals surface area contributed by atoms with Gasteiger partial charge in [0, 0.05) is 0 Å². The van der Waals surface area contributed by atoms with Gasteiger partial charge >= 0.3 is 0 Å². The fraction of sp³-hybridized carbons (Fsp3) is 1.00. The van der Waals surface area contributed by atoms with Gasteiger partial charge in [0.25, 0.3) is 11.4 Å². The van der Waals surface area contributed by atoms with Crippen LogP contribution in [0.2, 0.25) is 0 Å². The minimum absolute atomic E-state index is 1.25. The Hall–Kier alpha value is 0.0300. The molecule has 0 bridgehead atoms. The second-order valence-electron chi connectivity index (χ2n) is 2.04. The van der Waals surface area contributed by atoms with Crippen molar-refractivity contribution in [1.82, 2.24) is 5.32 Å². The first kappa shape index (κ1) is 10.0. The Morgan fingerprint density at radius 3 is 1.60 bits per heavy atom. The molecule has 1 saturated heterocycles. The molecule has 1 heterocycles. The van der Waals surface area contributed by atoms with Crippen LogP contribution in [-0.4, -0.2) is 26.4 Å². The highest BCUT2D eigenvalue weighted by Gasteiger charge is 1.93. The molecule has 0 aromatic rings. The largest absolute Gasteiger partial charge is 0.317 e. The average molecular weight is 167 g/mol. The zero-order valence-electron chi connectivity index (χ0n) is 5.75. The highest BCUT2D eigenvalue weighted by atomic mass is 32.2. The van der Waals surface area contributed by atoms with E-state index in [-0.39, 0.29) is 0 Å². The monoisotopic (exact) mass is 167 g/mol. The van der Waals surface area contributed by atoms with Gasteiger partial charge in [0.1, 0.15) is 0 Å². The van der Waals surface area contributed by atoms with E-state index in [1.54, 1.807) is 0 Å². The van der Waals surface area contributed by atoms with Crippen LogP contribution in [0.3, 0.4) is 0 Å². The van der Waals surface area contributed by atoms with Gasteiger partial charge in [-0.3, -0.25) is 9.11 Å². The van der Waals surface area contributed by atoms with Crippen molar-refractivity contribution >= 4 is 11.4 Å². The van der Waals surface area contributed by atoms with Gasteiger partial charge in [-0.15, -0.1) is 0 Å². The van der Waals surface area contributed by atoms with Crippen molar-refractivity contribution in [2.75, 3.05) is 13.1 Å². The maximum atomic E-state index is 8.67. The lowest BCUT2D eigenvalue weighted by molar-refractivity contribution is 0.454. The highest BCUT2D eigenvalue weighted by molar-refractivity contribution is 7.73. The smallest absolute Gasteiger partial charge is 0.299 e. The molecule has 0 atom stereocenters. The molecule has 0 aliphatic carbocycles. The fourth-order valence-corrected chi connectivity index (χ4v) is 0.802. The molecule has 0 unspecified atom stereocenters. The summed E-state index contributed by atoms with van der Waals surface area (Å²) in [7, 11) is 0. The zero-order valence-corrected chi connectivity index (χ0v) is 6.56. The van der Waals surface area contributed by atoms with Gasteiger partial charge in [-0.25, -0.2) is 0 Å². The van der Waals surface area contributed by atoms with E-state index in [4.69, 9.17) is 13.3 Å². The summed E-state index contributed by atoms with van der Waals surface area (Å²) in [4.78, 5) is 0. The summed E-state index contributed by atoms with van der Waals surface area (Å²) in [6, 6.07) is 0. The molecule has 0 aromatic carbocycles. The summed E-state index contributed by atoms with van der Waals surface area (Å²) in [5, 5.41) is 3.28. The Morgan fingerprint density at radius 2 is 1.50 bits per heavy atom. The molecule has 1 rings (SSSR count). The summed E-state index contributed by atoms with van der Waals surface area (Å²) in [5.41, 5.74) is 0. The molecule has 0 aromatic heterocycles. The van der Waals surface area contributed by atoms with Crippen molar-refractivity contribution in [3.8, 4) is 0 Å². The standard InChI is InChI=1S/C5H11N.H2O3S/c1-2-4-6-5-3-1;1-4(2)3/h6H,1-5H2;(H2,1,2,3). The summed E-state index contributed by atoms with van der Waals surface area (Å²) in [6.07, 6.45) is 4.22. The summed E-state index contributed by atoms with van der Waals surface area (Å²) < 4.78 is 22.8. The number of rotatable bonds is 0. The lowest BCUT2D eigenvalue weighted by atomic mass is 10.2. The normalized spacial score (nSPS) is 17.9. The van der Waals surface area contributed by atoms with Crippen LogP contribution in [0.1, 0.15) is 19.3 Å². The van der Waals surface area contributed by atoms with E-state index >= 15 is 0 Å². The van der Waals surface area contributed by atoms with Crippen molar-refractivity contribution in [3.63, 3.8) is 0 Å². The SMILES string of the molecule is C1CCNCC1.O=S(O)O. The second-order valence-corrected chi connectivity index (χ2v) is 2.50. The molecule has 1 aliphatic rings. The topological polar surface area (TPSA) is 69.6 Å². The molecule has 3 N–H and O–H groups in total. The lowest BCUT2D eigenvalue weighted by Gasteiger charge is -2.08. The van der Waals surface area contributed by atoms with E-state index in [1.807, 2.05) is 0 Å². The maximum absolute atomic E-state index is 8.67. The Balaban J connectivity index is 0.000000180. The Morgan fingerprint density at radius 1 is 1.10 bits per heavy atom. The van der Waals surface area contributed by atoms with Crippen molar-refractivity contribution < 1.29 is 13.3 Å². The Bertz CT molecular complexity index is 79.4. The second kappa shape index (κ2) is 7.14. The molecule has 10 heavy (non-hydrogen) atoms. The van der Waals surface area contributed by atoms with Crippen LogP contribution in [0.25, 0.3) is 0 Å². The molecule has 0 spiro atoms. The van der Waals surface area contributed by atoms with Crippen LogP contribution in [0, 0.1) is 0 Å². The number of nitrogens with one attached hydrogen (secondary N) is 1. The molecule has 0 radical (unpaired) electrons. The van der Waals surface area contributed by atoms with Gasteiger partial charge in [-0.2, -0.15) is 4.21 Å². The van der Waals surface area contributed by atoms with Gasteiger partial charge < -0.3 is 5.32 Å². The van der Waals surface area contributed by atoms with Gasteiger partial charge in [0.2, 0.25) is 0 Å². The van der Waals surface area contributed by atoms with Gasteiger partial charge in [0.15, 0.2) is 0 Å². The quantitative estimate of drug-likeness (QED) is 0.458. The van der Waals surface area contributed by atoms with Gasteiger partial charge in [0.05, 0.1) is 0 Å². The van der Waals surface area contributed by atoms with E-state index in [0.29, 0.717) is 0 Å². The third-order valence-corrected chi connectivity index (χ3v) is 1.21. The van der Waals surface area contributed by atoms with Crippen molar-refractivity contribution in [2.45, 2.75) is 19.3 Å². The number of hydrogen-bond acceptors (Lipinski definition) is 2. The Kier molecular flexibility index (Phi) is 7.16. The number of hydrogen-bond donors (Lipinski definition) is 3. The van der Waals surface area contributed by atoms with E-state index in [1.165, 1.54) is 32.4 Å². The predicted molar refractivity (Wildman–Crippen MR) is 40.1 cm³/mol. The Labute approximate surface area is 63.1 Å². The molecule has 0 saturated carbocycles. The molecular weight excluding hydrogens is 154 g/mol. The van der Waals surface area contributed by atoms with Crippen LogP contribution < -0.4 is 5.32 Å². The summed E-state index contributed by atoms with van der Waals surface area (Å²) in [6.45, 7) is 2.50. The van der Waals surface area contributed by atoms with Gasteiger partial charge in [-0.05, 0) is 25.9 Å². The van der Waals surface area contributed by atoms with E-state index in [0.717, 1.165) is 0 Å². The van der Waals surface area contributed by atoms with E-state index in [2.05, 4.69) is 5.32 Å². The van der Waals surface area contributed by atoms with Crippen LogP contribution in [0.4, 0.5) is 0 Å². The molecule has 4 nitrogen and oxygen atoms in total. The first-order valence-electron chi connectivity index (χ1n) is 3.24. The molecule has 1 fully saturated rings. The lowest BCUT2D eigenvalue weighted by Crippen LogP contribution is -2.21. The highest BCUT2D eigenvalue weighted by Crippen LogP contribution is 1.96. The first-order chi connectivity index (χ1) is 4.73. The van der Waals surface area contributed by atoms with E-state index in [9.17, 15) is 0 Å². The van der Waals surface area contributed by atoms with Gasteiger partial charge in [-0.1, -0.05) is 6.42 Å². The molecule has 0 amide bonds. The third kappa shape index (κ3) is 10.9. The third-order valence-electron chi connectivity index (χ3n) is 1.21. The maximum Gasteiger partial charge on any atom is 0.299 e. The van der Waals surface area contributed by atoms with Crippen molar-refractivity contribution in [3.05, 3.63) is 0 Å².